The molecule has 0 bridgehead atoms. The Bertz CT molecular complexity index is 635. The lowest BCUT2D eigenvalue weighted by Gasteiger charge is -2.28. The lowest BCUT2D eigenvalue weighted by molar-refractivity contribution is -0.136. The van der Waals surface area contributed by atoms with Crippen molar-refractivity contribution in [2.45, 2.75) is 58.5 Å². The second-order valence-corrected chi connectivity index (χ2v) is 8.00. The number of rotatable bonds is 4. The summed E-state index contributed by atoms with van der Waals surface area (Å²) in [5.41, 5.74) is 0.679. The standard InChI is InChI=1S/C22H32N2O3/c1-17(2)27-20-11-9-19(10-12-20)22(26)24-14-6-13-23(15-16-24)21(25)18-7-4-3-5-8-18/h9-12,17-18H,3-8,13-16H2,1-2H3. The highest BCUT2D eigenvalue weighted by molar-refractivity contribution is 5.94. The second-order valence-electron chi connectivity index (χ2n) is 8.00. The molecular formula is C22H32N2O3. The summed E-state index contributed by atoms with van der Waals surface area (Å²) < 4.78 is 5.64. The van der Waals surface area contributed by atoms with E-state index in [1.165, 1.54) is 19.3 Å². The third-order valence-electron chi connectivity index (χ3n) is 5.52. The molecule has 27 heavy (non-hydrogen) atoms. The van der Waals surface area contributed by atoms with Gasteiger partial charge in [0.25, 0.3) is 5.91 Å². The van der Waals surface area contributed by atoms with Gasteiger partial charge in [-0.25, -0.2) is 0 Å². The molecule has 1 saturated carbocycles. The smallest absolute Gasteiger partial charge is 0.253 e. The van der Waals surface area contributed by atoms with E-state index >= 15 is 0 Å². The Labute approximate surface area is 162 Å². The molecule has 1 saturated heterocycles. The fourth-order valence-electron chi connectivity index (χ4n) is 4.08. The number of hydrogen-bond acceptors (Lipinski definition) is 3. The van der Waals surface area contributed by atoms with E-state index in [9.17, 15) is 9.59 Å². The van der Waals surface area contributed by atoms with Gasteiger partial charge in [0.05, 0.1) is 6.10 Å². The molecule has 148 valence electrons. The minimum Gasteiger partial charge on any atom is -0.491 e. The predicted molar refractivity (Wildman–Crippen MR) is 106 cm³/mol. The summed E-state index contributed by atoms with van der Waals surface area (Å²) in [5.74, 6) is 1.33. The minimum absolute atomic E-state index is 0.0399. The quantitative estimate of drug-likeness (QED) is 0.809. The van der Waals surface area contributed by atoms with E-state index in [0.29, 0.717) is 31.1 Å². The summed E-state index contributed by atoms with van der Waals surface area (Å²) in [6, 6.07) is 7.36. The van der Waals surface area contributed by atoms with Crippen LogP contribution in [0.15, 0.2) is 24.3 Å². The van der Waals surface area contributed by atoms with Crippen LogP contribution in [0.25, 0.3) is 0 Å². The van der Waals surface area contributed by atoms with Crippen molar-refractivity contribution in [1.82, 2.24) is 9.80 Å². The van der Waals surface area contributed by atoms with E-state index in [4.69, 9.17) is 4.74 Å². The zero-order valence-electron chi connectivity index (χ0n) is 16.7. The Morgan fingerprint density at radius 1 is 0.889 bits per heavy atom. The molecule has 0 unspecified atom stereocenters. The van der Waals surface area contributed by atoms with Crippen molar-refractivity contribution < 1.29 is 14.3 Å². The second kappa shape index (κ2) is 9.25. The van der Waals surface area contributed by atoms with Gasteiger partial charge in [-0.2, -0.15) is 0 Å². The van der Waals surface area contributed by atoms with Gasteiger partial charge in [0, 0.05) is 37.7 Å². The molecule has 1 heterocycles. The number of benzene rings is 1. The van der Waals surface area contributed by atoms with Gasteiger partial charge in [-0.3, -0.25) is 9.59 Å². The van der Waals surface area contributed by atoms with Crippen molar-refractivity contribution in [3.8, 4) is 5.75 Å². The van der Waals surface area contributed by atoms with Gasteiger partial charge in [0.2, 0.25) is 5.91 Å². The van der Waals surface area contributed by atoms with Crippen LogP contribution in [-0.2, 0) is 4.79 Å². The molecular weight excluding hydrogens is 340 g/mol. The fourth-order valence-corrected chi connectivity index (χ4v) is 4.08. The van der Waals surface area contributed by atoms with Gasteiger partial charge in [0.1, 0.15) is 5.75 Å². The van der Waals surface area contributed by atoms with Crippen molar-refractivity contribution in [3.63, 3.8) is 0 Å². The van der Waals surface area contributed by atoms with E-state index in [1.807, 2.05) is 47.9 Å². The van der Waals surface area contributed by atoms with Crippen LogP contribution in [0, 0.1) is 5.92 Å². The maximum absolute atomic E-state index is 12.8. The molecule has 3 rings (SSSR count). The van der Waals surface area contributed by atoms with Crippen LogP contribution >= 0.6 is 0 Å². The number of amides is 2. The monoisotopic (exact) mass is 372 g/mol. The maximum atomic E-state index is 12.8. The predicted octanol–water partition coefficient (Wildman–Crippen LogP) is 3.73. The van der Waals surface area contributed by atoms with E-state index in [2.05, 4.69) is 0 Å². The van der Waals surface area contributed by atoms with Crippen LogP contribution in [0.4, 0.5) is 0 Å². The Hall–Kier alpha value is -2.04. The minimum atomic E-state index is 0.0399. The lowest BCUT2D eigenvalue weighted by Crippen LogP contribution is -2.40. The van der Waals surface area contributed by atoms with Crippen LogP contribution in [0.5, 0.6) is 5.75 Å². The van der Waals surface area contributed by atoms with Crippen molar-refractivity contribution in [3.05, 3.63) is 29.8 Å². The van der Waals surface area contributed by atoms with E-state index in [-0.39, 0.29) is 17.9 Å². The van der Waals surface area contributed by atoms with Gasteiger partial charge in [-0.05, 0) is 57.4 Å². The Morgan fingerprint density at radius 2 is 1.52 bits per heavy atom. The lowest BCUT2D eigenvalue weighted by atomic mass is 9.88. The highest BCUT2D eigenvalue weighted by Crippen LogP contribution is 2.26. The van der Waals surface area contributed by atoms with Crippen molar-refractivity contribution in [2.24, 2.45) is 5.92 Å². The van der Waals surface area contributed by atoms with Gasteiger partial charge < -0.3 is 14.5 Å². The van der Waals surface area contributed by atoms with Gasteiger partial charge in [-0.15, -0.1) is 0 Å². The number of ether oxygens (including phenoxy) is 1. The van der Waals surface area contributed by atoms with Gasteiger partial charge in [0.15, 0.2) is 0 Å². The zero-order valence-corrected chi connectivity index (χ0v) is 16.7. The van der Waals surface area contributed by atoms with Crippen LogP contribution in [0.2, 0.25) is 0 Å². The maximum Gasteiger partial charge on any atom is 0.253 e. The van der Waals surface area contributed by atoms with Crippen LogP contribution < -0.4 is 4.74 Å². The van der Waals surface area contributed by atoms with Crippen LogP contribution in [-0.4, -0.2) is 53.9 Å². The summed E-state index contributed by atoms with van der Waals surface area (Å²) in [7, 11) is 0. The fraction of sp³-hybridized carbons (Fsp3) is 0.636. The molecule has 2 fully saturated rings. The molecule has 2 amide bonds. The molecule has 1 aliphatic heterocycles. The number of nitrogens with zero attached hydrogens (tertiary/aromatic N) is 2. The summed E-state index contributed by atoms with van der Waals surface area (Å²) in [4.78, 5) is 29.5. The largest absolute Gasteiger partial charge is 0.491 e. The molecule has 5 heteroatoms. The van der Waals surface area contributed by atoms with Crippen LogP contribution in [0.3, 0.4) is 0 Å². The van der Waals surface area contributed by atoms with Crippen molar-refractivity contribution in [1.29, 1.82) is 0 Å². The molecule has 0 atom stereocenters. The molecule has 1 aromatic rings. The Kier molecular flexibility index (Phi) is 6.75. The zero-order chi connectivity index (χ0) is 19.2. The molecule has 0 radical (unpaired) electrons. The van der Waals surface area contributed by atoms with Crippen LogP contribution in [0.1, 0.15) is 62.7 Å². The normalized spacial score (nSPS) is 19.1. The summed E-state index contributed by atoms with van der Waals surface area (Å²) in [6.45, 7) is 6.70. The highest BCUT2D eigenvalue weighted by atomic mass is 16.5. The van der Waals surface area contributed by atoms with Gasteiger partial charge >= 0.3 is 0 Å². The first kappa shape index (κ1) is 19.7. The molecule has 5 nitrogen and oxygen atoms in total. The van der Waals surface area contributed by atoms with Crippen molar-refractivity contribution in [2.75, 3.05) is 26.2 Å². The summed E-state index contributed by atoms with van der Waals surface area (Å²) in [6.07, 6.45) is 6.62. The first-order valence-electron chi connectivity index (χ1n) is 10.4. The van der Waals surface area contributed by atoms with E-state index < -0.39 is 0 Å². The van der Waals surface area contributed by atoms with Gasteiger partial charge in [-0.1, -0.05) is 19.3 Å². The average molecular weight is 373 g/mol. The topological polar surface area (TPSA) is 49.9 Å². The molecule has 0 spiro atoms. The number of hydrogen-bond donors (Lipinski definition) is 0. The number of carbonyl (C=O) groups excluding carboxylic acids is 2. The first-order valence-corrected chi connectivity index (χ1v) is 10.4. The summed E-state index contributed by atoms with van der Waals surface area (Å²) >= 11 is 0. The van der Waals surface area contributed by atoms with E-state index in [0.717, 1.165) is 31.6 Å². The third kappa shape index (κ3) is 5.24. The van der Waals surface area contributed by atoms with Crippen molar-refractivity contribution >= 4 is 11.8 Å². The Morgan fingerprint density at radius 3 is 2.19 bits per heavy atom. The molecule has 0 N–H and O–H groups in total. The highest BCUT2D eigenvalue weighted by Gasteiger charge is 2.28. The third-order valence-corrected chi connectivity index (χ3v) is 5.52. The SMILES string of the molecule is CC(C)Oc1ccc(C(=O)N2CCCN(C(=O)C3CCCCC3)CC2)cc1. The number of carbonyl (C=O) groups is 2. The molecule has 1 aromatic carbocycles. The Balaban J connectivity index is 1.56. The first-order chi connectivity index (χ1) is 13.0. The summed E-state index contributed by atoms with van der Waals surface area (Å²) in [5, 5.41) is 0. The molecule has 0 aromatic heterocycles. The molecule has 1 aliphatic carbocycles. The van der Waals surface area contributed by atoms with E-state index in [1.54, 1.807) is 0 Å². The molecule has 2 aliphatic rings. The average Bonchev–Trinajstić information content (AvgIpc) is 2.94.